The molecule has 0 bridgehead atoms. The molecule has 7 heteroatoms. The maximum Gasteiger partial charge on any atom is 0.410 e. The first-order chi connectivity index (χ1) is 11.4. The second-order valence-corrected chi connectivity index (χ2v) is 5.64. The van der Waals surface area contributed by atoms with Crippen LogP contribution in [0.25, 0.3) is 0 Å². The summed E-state index contributed by atoms with van der Waals surface area (Å²) in [5, 5.41) is 0. The lowest BCUT2D eigenvalue weighted by Crippen LogP contribution is -2.47. The van der Waals surface area contributed by atoms with Gasteiger partial charge in [0.2, 0.25) is 0 Å². The van der Waals surface area contributed by atoms with Crippen molar-refractivity contribution in [3.8, 4) is 0 Å². The van der Waals surface area contributed by atoms with E-state index in [1.807, 2.05) is 30.3 Å². The molecule has 5 nitrogen and oxygen atoms in total. The van der Waals surface area contributed by atoms with Crippen molar-refractivity contribution in [1.82, 2.24) is 4.90 Å². The van der Waals surface area contributed by atoms with E-state index in [9.17, 15) is 18.4 Å². The van der Waals surface area contributed by atoms with Crippen LogP contribution < -0.4 is 0 Å². The van der Waals surface area contributed by atoms with Gasteiger partial charge in [-0.15, -0.1) is 0 Å². The van der Waals surface area contributed by atoms with Gasteiger partial charge in [-0.2, -0.15) is 8.78 Å². The van der Waals surface area contributed by atoms with E-state index >= 15 is 0 Å². The molecule has 1 fully saturated rings. The Morgan fingerprint density at radius 3 is 2.38 bits per heavy atom. The molecule has 24 heavy (non-hydrogen) atoms. The Hall–Kier alpha value is -2.18. The number of carbonyl (C=O) groups excluding carboxylic acids is 2. The Bertz CT molecular complexity index is 557. The van der Waals surface area contributed by atoms with Crippen LogP contribution in [0.3, 0.4) is 0 Å². The van der Waals surface area contributed by atoms with Crippen molar-refractivity contribution in [3.63, 3.8) is 0 Å². The molecule has 0 atom stereocenters. The number of esters is 1. The molecular formula is C17H21F2NO4. The average molecular weight is 341 g/mol. The van der Waals surface area contributed by atoms with E-state index in [0.717, 1.165) is 5.56 Å². The molecule has 0 radical (unpaired) electrons. The molecule has 0 aromatic heterocycles. The first-order valence-electron chi connectivity index (χ1n) is 7.95. The van der Waals surface area contributed by atoms with Crippen LogP contribution in [0.2, 0.25) is 0 Å². The molecule has 132 valence electrons. The minimum Gasteiger partial charge on any atom is -0.462 e. The summed E-state index contributed by atoms with van der Waals surface area (Å²) in [7, 11) is 0. The van der Waals surface area contributed by atoms with Crippen LogP contribution in [0, 0.1) is 5.92 Å². The maximum atomic E-state index is 14.0. The molecule has 0 spiro atoms. The Morgan fingerprint density at radius 2 is 1.79 bits per heavy atom. The lowest BCUT2D eigenvalue weighted by atomic mass is 9.90. The lowest BCUT2D eigenvalue weighted by molar-refractivity contribution is -0.182. The van der Waals surface area contributed by atoms with Crippen LogP contribution in [-0.2, 0) is 20.9 Å². The van der Waals surface area contributed by atoms with Gasteiger partial charge in [-0.25, -0.2) is 9.59 Å². The van der Waals surface area contributed by atoms with Crippen molar-refractivity contribution in [2.24, 2.45) is 5.92 Å². The number of ether oxygens (including phenoxy) is 2. The highest BCUT2D eigenvalue weighted by atomic mass is 19.3. The third-order valence-electron chi connectivity index (χ3n) is 4.02. The van der Waals surface area contributed by atoms with Crippen molar-refractivity contribution in [1.29, 1.82) is 0 Å². The molecule has 0 aliphatic carbocycles. The summed E-state index contributed by atoms with van der Waals surface area (Å²) in [6.07, 6.45) is -0.463. The first-order valence-corrected chi connectivity index (χ1v) is 7.95. The molecule has 1 heterocycles. The number of halogens is 2. The highest BCUT2D eigenvalue weighted by molar-refractivity contribution is 5.78. The van der Waals surface area contributed by atoms with Gasteiger partial charge in [0.15, 0.2) is 0 Å². The minimum absolute atomic E-state index is 0.0340. The normalized spacial score (nSPS) is 15.9. The Labute approximate surface area is 139 Å². The lowest BCUT2D eigenvalue weighted by Gasteiger charge is -2.34. The topological polar surface area (TPSA) is 55.8 Å². The van der Waals surface area contributed by atoms with Gasteiger partial charge in [-0.05, 0) is 25.3 Å². The monoisotopic (exact) mass is 341 g/mol. The van der Waals surface area contributed by atoms with Gasteiger partial charge in [0.05, 0.1) is 6.61 Å². The Morgan fingerprint density at radius 1 is 1.17 bits per heavy atom. The number of piperidine rings is 1. The van der Waals surface area contributed by atoms with Gasteiger partial charge in [0, 0.05) is 19.0 Å². The second-order valence-electron chi connectivity index (χ2n) is 5.64. The molecule has 1 aromatic rings. The highest BCUT2D eigenvalue weighted by Crippen LogP contribution is 2.34. The maximum absolute atomic E-state index is 14.0. The highest BCUT2D eigenvalue weighted by Gasteiger charge is 2.49. The van der Waals surface area contributed by atoms with E-state index in [1.165, 1.54) is 11.8 Å². The summed E-state index contributed by atoms with van der Waals surface area (Å²) in [6.45, 7) is 1.80. The molecule has 0 N–H and O–H groups in total. The predicted octanol–water partition coefficient (Wildman–Crippen LogP) is 3.23. The summed E-state index contributed by atoms with van der Waals surface area (Å²) < 4.78 is 37.6. The van der Waals surface area contributed by atoms with E-state index in [0.29, 0.717) is 0 Å². The van der Waals surface area contributed by atoms with E-state index in [4.69, 9.17) is 4.74 Å². The van der Waals surface area contributed by atoms with Gasteiger partial charge < -0.3 is 14.4 Å². The number of alkyl halides is 2. The summed E-state index contributed by atoms with van der Waals surface area (Å²) in [4.78, 5) is 24.7. The zero-order valence-electron chi connectivity index (χ0n) is 13.5. The molecule has 1 aromatic carbocycles. The van der Waals surface area contributed by atoms with Crippen LogP contribution in [0.5, 0.6) is 0 Å². The van der Waals surface area contributed by atoms with Gasteiger partial charge >= 0.3 is 18.0 Å². The molecule has 2 rings (SSSR count). The fourth-order valence-corrected chi connectivity index (χ4v) is 2.63. The number of nitrogens with zero attached hydrogens (tertiary/aromatic N) is 1. The molecule has 1 aliphatic rings. The number of hydrogen-bond donors (Lipinski definition) is 0. The van der Waals surface area contributed by atoms with E-state index < -0.39 is 23.9 Å². The van der Waals surface area contributed by atoms with E-state index in [-0.39, 0.29) is 39.1 Å². The fourth-order valence-electron chi connectivity index (χ4n) is 2.63. The number of carbonyl (C=O) groups is 2. The fraction of sp³-hybridized carbons (Fsp3) is 0.529. The second kappa shape index (κ2) is 8.08. The van der Waals surface area contributed by atoms with Gasteiger partial charge in [-0.3, -0.25) is 0 Å². The SMILES string of the molecule is CCOC(=O)C(F)(F)C1CCN(C(=O)OCc2ccccc2)CC1. The zero-order valence-corrected chi connectivity index (χ0v) is 13.5. The van der Waals surface area contributed by atoms with Crippen molar-refractivity contribution < 1.29 is 27.8 Å². The van der Waals surface area contributed by atoms with Crippen molar-refractivity contribution in [2.75, 3.05) is 19.7 Å². The third kappa shape index (κ3) is 4.43. The molecule has 0 saturated carbocycles. The average Bonchev–Trinajstić information content (AvgIpc) is 2.61. The molecular weight excluding hydrogens is 320 g/mol. The zero-order chi connectivity index (χ0) is 17.6. The Balaban J connectivity index is 1.81. The number of rotatable bonds is 5. The quantitative estimate of drug-likeness (QED) is 0.772. The molecule has 1 amide bonds. The van der Waals surface area contributed by atoms with E-state index in [2.05, 4.69) is 4.74 Å². The van der Waals surface area contributed by atoms with Crippen molar-refractivity contribution in [3.05, 3.63) is 35.9 Å². The largest absolute Gasteiger partial charge is 0.462 e. The predicted molar refractivity (Wildman–Crippen MR) is 82.5 cm³/mol. The molecule has 1 aliphatic heterocycles. The minimum atomic E-state index is -3.52. The molecule has 0 unspecified atom stereocenters. The van der Waals surface area contributed by atoms with Gasteiger partial charge in [0.25, 0.3) is 0 Å². The van der Waals surface area contributed by atoms with Crippen LogP contribution in [0.4, 0.5) is 13.6 Å². The summed E-state index contributed by atoms with van der Waals surface area (Å²) in [6, 6.07) is 9.21. The summed E-state index contributed by atoms with van der Waals surface area (Å²) in [5.41, 5.74) is 0.856. The molecule has 1 saturated heterocycles. The number of likely N-dealkylation sites (tertiary alicyclic amines) is 1. The van der Waals surface area contributed by atoms with Crippen molar-refractivity contribution in [2.45, 2.75) is 32.3 Å². The standard InChI is InChI=1S/C17H21F2NO4/c1-2-23-15(21)17(18,19)14-8-10-20(11-9-14)16(22)24-12-13-6-4-3-5-7-13/h3-7,14H,2,8-12H2,1H3. The van der Waals surface area contributed by atoms with E-state index in [1.54, 1.807) is 0 Å². The van der Waals surface area contributed by atoms with Gasteiger partial charge in [0.1, 0.15) is 6.61 Å². The summed E-state index contributed by atoms with van der Waals surface area (Å²) in [5.74, 6) is -6.12. The van der Waals surface area contributed by atoms with Crippen LogP contribution in [-0.4, -0.2) is 42.6 Å². The summed E-state index contributed by atoms with van der Waals surface area (Å²) >= 11 is 0. The van der Waals surface area contributed by atoms with Crippen LogP contribution in [0.1, 0.15) is 25.3 Å². The number of benzene rings is 1. The van der Waals surface area contributed by atoms with Crippen LogP contribution >= 0.6 is 0 Å². The smallest absolute Gasteiger partial charge is 0.410 e. The number of amides is 1. The Kier molecular flexibility index (Phi) is 6.11. The van der Waals surface area contributed by atoms with Gasteiger partial charge in [-0.1, -0.05) is 30.3 Å². The number of hydrogen-bond acceptors (Lipinski definition) is 4. The van der Waals surface area contributed by atoms with Crippen molar-refractivity contribution >= 4 is 12.1 Å². The first kappa shape index (κ1) is 18.2. The third-order valence-corrected chi connectivity index (χ3v) is 4.02. The van der Waals surface area contributed by atoms with Crippen LogP contribution in [0.15, 0.2) is 30.3 Å².